The Bertz CT molecular complexity index is 611. The summed E-state index contributed by atoms with van der Waals surface area (Å²) < 4.78 is 17.7. The number of ketones is 1. The molecule has 1 heterocycles. The van der Waals surface area contributed by atoms with Gasteiger partial charge in [-0.3, -0.25) is 4.79 Å². The highest BCUT2D eigenvalue weighted by Gasteiger charge is 2.68. The molecule has 0 aromatic heterocycles. The number of hydrogen-bond acceptors (Lipinski definition) is 4. The monoisotopic (exact) mass is 348 g/mol. The zero-order valence-corrected chi connectivity index (χ0v) is 16.3. The van der Waals surface area contributed by atoms with Gasteiger partial charge in [0.1, 0.15) is 0 Å². The van der Waals surface area contributed by atoms with Gasteiger partial charge in [-0.1, -0.05) is 26.7 Å². The predicted molar refractivity (Wildman–Crippen MR) is 94.8 cm³/mol. The second kappa shape index (κ2) is 5.82. The van der Waals surface area contributed by atoms with E-state index in [9.17, 15) is 4.79 Å². The van der Waals surface area contributed by atoms with E-state index >= 15 is 0 Å². The van der Waals surface area contributed by atoms with Gasteiger partial charge >= 0.3 is 0 Å². The maximum atomic E-state index is 13.6. The first-order valence-corrected chi connectivity index (χ1v) is 9.85. The SMILES string of the molecule is COC1=C(C)[C@H]2C[C@H](OC)O[C@@H]3C[C@H]4CCCC[C@@]4(C)[C@@H](C1=O)[C@@]23C. The van der Waals surface area contributed by atoms with Gasteiger partial charge in [-0.15, -0.1) is 0 Å². The van der Waals surface area contributed by atoms with Crippen molar-refractivity contribution in [1.82, 2.24) is 0 Å². The summed E-state index contributed by atoms with van der Waals surface area (Å²) in [6.07, 6.45) is 6.64. The molecule has 0 unspecified atom stereocenters. The van der Waals surface area contributed by atoms with E-state index in [1.54, 1.807) is 14.2 Å². The lowest BCUT2D eigenvalue weighted by Crippen LogP contribution is -2.67. The number of carbonyl (C=O) groups is 1. The summed E-state index contributed by atoms with van der Waals surface area (Å²) in [5.41, 5.74) is 1.01. The number of carbonyl (C=O) groups excluding carboxylic acids is 1. The fourth-order valence-electron chi connectivity index (χ4n) is 7.04. The normalized spacial score (nSPS) is 49.5. The Kier molecular flexibility index (Phi) is 4.08. The number of Topliss-reactive ketones (excluding diaryl/α,β-unsaturated/α-hetero) is 1. The largest absolute Gasteiger partial charge is 0.493 e. The second-order valence-corrected chi connectivity index (χ2v) is 9.14. The molecule has 3 fully saturated rings. The molecule has 0 radical (unpaired) electrons. The van der Waals surface area contributed by atoms with Crippen LogP contribution in [0.4, 0.5) is 0 Å². The van der Waals surface area contributed by atoms with Crippen molar-refractivity contribution >= 4 is 5.78 Å². The van der Waals surface area contributed by atoms with Crippen LogP contribution in [0.2, 0.25) is 0 Å². The maximum Gasteiger partial charge on any atom is 0.201 e. The smallest absolute Gasteiger partial charge is 0.201 e. The average Bonchev–Trinajstić information content (AvgIpc) is 2.58. The number of ether oxygens (including phenoxy) is 3. The minimum atomic E-state index is -0.182. The summed E-state index contributed by atoms with van der Waals surface area (Å²) in [4.78, 5) is 13.6. The number of rotatable bonds is 2. The molecule has 0 aromatic rings. The molecule has 25 heavy (non-hydrogen) atoms. The van der Waals surface area contributed by atoms with Crippen molar-refractivity contribution in [3.63, 3.8) is 0 Å². The van der Waals surface area contributed by atoms with E-state index in [0.29, 0.717) is 11.7 Å². The predicted octanol–water partition coefficient (Wildman–Crippen LogP) is 4.09. The number of fused-ring (bicyclic) bond motifs is 2. The first-order chi connectivity index (χ1) is 11.9. The van der Waals surface area contributed by atoms with E-state index < -0.39 is 0 Å². The van der Waals surface area contributed by atoms with Crippen molar-refractivity contribution < 1.29 is 19.0 Å². The Labute approximate surface area is 151 Å². The summed E-state index contributed by atoms with van der Waals surface area (Å²) in [5.74, 6) is 1.66. The van der Waals surface area contributed by atoms with Crippen LogP contribution in [0.25, 0.3) is 0 Å². The van der Waals surface area contributed by atoms with Crippen molar-refractivity contribution in [1.29, 1.82) is 0 Å². The second-order valence-electron chi connectivity index (χ2n) is 9.14. The Morgan fingerprint density at radius 1 is 1.16 bits per heavy atom. The van der Waals surface area contributed by atoms with Crippen LogP contribution in [-0.2, 0) is 19.0 Å². The van der Waals surface area contributed by atoms with Gasteiger partial charge in [-0.05, 0) is 49.0 Å². The summed E-state index contributed by atoms with van der Waals surface area (Å²) in [6.45, 7) is 6.75. The maximum absolute atomic E-state index is 13.6. The third kappa shape index (κ3) is 2.16. The molecule has 4 nitrogen and oxygen atoms in total. The lowest BCUT2D eigenvalue weighted by atomic mass is 9.41. The van der Waals surface area contributed by atoms with Crippen LogP contribution in [0.15, 0.2) is 11.3 Å². The minimum Gasteiger partial charge on any atom is -0.493 e. The van der Waals surface area contributed by atoms with E-state index in [0.717, 1.165) is 24.8 Å². The molecule has 4 rings (SSSR count). The Hall–Kier alpha value is -0.870. The molecule has 0 spiro atoms. The molecule has 0 aromatic carbocycles. The standard InChI is InChI=1S/C21H32O4/c1-12-14-11-16(23-4)25-15-10-13-8-6-7-9-20(13,2)19(21(14,15)3)17(22)18(12)24-5/h13-16,19H,6-11H2,1-5H3/t13-,14-,15-,16-,19-,20-,21+/m1/s1. The minimum absolute atomic E-state index is 0.00879. The van der Waals surface area contributed by atoms with Gasteiger partial charge in [0, 0.05) is 24.9 Å². The first kappa shape index (κ1) is 17.5. The van der Waals surface area contributed by atoms with Gasteiger partial charge in [-0.25, -0.2) is 0 Å². The van der Waals surface area contributed by atoms with Crippen molar-refractivity contribution in [3.8, 4) is 0 Å². The molecule has 0 N–H and O–H groups in total. The number of allylic oxidation sites excluding steroid dienone is 2. The van der Waals surface area contributed by atoms with Crippen LogP contribution in [0.3, 0.4) is 0 Å². The highest BCUT2D eigenvalue weighted by atomic mass is 16.7. The van der Waals surface area contributed by atoms with Gasteiger partial charge in [-0.2, -0.15) is 0 Å². The number of hydrogen-bond donors (Lipinski definition) is 0. The fourth-order valence-corrected chi connectivity index (χ4v) is 7.04. The summed E-state index contributed by atoms with van der Waals surface area (Å²) in [5, 5.41) is 0. The Balaban J connectivity index is 1.89. The Morgan fingerprint density at radius 2 is 1.92 bits per heavy atom. The molecule has 4 aliphatic rings. The van der Waals surface area contributed by atoms with Crippen molar-refractivity contribution in [2.45, 2.75) is 71.7 Å². The quantitative estimate of drug-likeness (QED) is 0.754. The van der Waals surface area contributed by atoms with Crippen LogP contribution in [0.1, 0.15) is 59.3 Å². The molecule has 7 atom stereocenters. The molecule has 1 aliphatic heterocycles. The van der Waals surface area contributed by atoms with E-state index in [2.05, 4.69) is 20.8 Å². The molecule has 3 aliphatic carbocycles. The van der Waals surface area contributed by atoms with E-state index in [-0.39, 0.29) is 40.8 Å². The van der Waals surface area contributed by atoms with Gasteiger partial charge in [0.15, 0.2) is 12.0 Å². The molecular formula is C21H32O4. The fraction of sp³-hybridized carbons (Fsp3) is 0.857. The third-order valence-electron chi connectivity index (χ3n) is 8.25. The van der Waals surface area contributed by atoms with Crippen LogP contribution >= 0.6 is 0 Å². The molecule has 140 valence electrons. The van der Waals surface area contributed by atoms with Gasteiger partial charge in [0.05, 0.1) is 13.2 Å². The van der Waals surface area contributed by atoms with Crippen molar-refractivity contribution in [2.75, 3.05) is 14.2 Å². The lowest BCUT2D eigenvalue weighted by molar-refractivity contribution is -0.282. The first-order valence-electron chi connectivity index (χ1n) is 9.85. The lowest BCUT2D eigenvalue weighted by Gasteiger charge is -2.65. The van der Waals surface area contributed by atoms with Crippen LogP contribution in [0, 0.1) is 28.6 Å². The molecule has 0 bridgehead atoms. The average molecular weight is 348 g/mol. The molecule has 1 saturated heterocycles. The highest BCUT2D eigenvalue weighted by molar-refractivity contribution is 5.98. The molecule has 4 heteroatoms. The van der Waals surface area contributed by atoms with Gasteiger partial charge in [0.25, 0.3) is 0 Å². The zero-order chi connectivity index (χ0) is 18.0. The van der Waals surface area contributed by atoms with Gasteiger partial charge < -0.3 is 14.2 Å². The highest BCUT2D eigenvalue weighted by Crippen LogP contribution is 2.67. The van der Waals surface area contributed by atoms with Crippen LogP contribution in [0.5, 0.6) is 0 Å². The zero-order valence-electron chi connectivity index (χ0n) is 16.3. The Morgan fingerprint density at radius 3 is 2.60 bits per heavy atom. The summed E-state index contributed by atoms with van der Waals surface area (Å²) >= 11 is 0. The van der Waals surface area contributed by atoms with E-state index in [1.165, 1.54) is 19.3 Å². The van der Waals surface area contributed by atoms with Crippen LogP contribution < -0.4 is 0 Å². The van der Waals surface area contributed by atoms with Crippen molar-refractivity contribution in [3.05, 3.63) is 11.3 Å². The van der Waals surface area contributed by atoms with E-state index in [4.69, 9.17) is 14.2 Å². The topological polar surface area (TPSA) is 44.8 Å². The molecule has 2 saturated carbocycles. The van der Waals surface area contributed by atoms with Gasteiger partial charge in [0.2, 0.25) is 5.78 Å². The summed E-state index contributed by atoms with van der Waals surface area (Å²) in [7, 11) is 3.37. The third-order valence-corrected chi connectivity index (χ3v) is 8.25. The molecule has 0 amide bonds. The molecular weight excluding hydrogens is 316 g/mol. The van der Waals surface area contributed by atoms with Crippen molar-refractivity contribution in [2.24, 2.45) is 28.6 Å². The number of methoxy groups -OCH3 is 2. The van der Waals surface area contributed by atoms with Crippen LogP contribution in [-0.4, -0.2) is 32.4 Å². The summed E-state index contributed by atoms with van der Waals surface area (Å²) in [6, 6.07) is 0. The van der Waals surface area contributed by atoms with E-state index in [1.807, 2.05) is 0 Å².